The molecule has 0 saturated carbocycles. The molecule has 0 fully saturated rings. The lowest BCUT2D eigenvalue weighted by Crippen LogP contribution is -2.14. The molecule has 1 aromatic carbocycles. The van der Waals surface area contributed by atoms with Crippen LogP contribution in [0.1, 0.15) is 181 Å². The molecule has 2 unspecified atom stereocenters. The third-order valence-corrected chi connectivity index (χ3v) is 8.63. The van der Waals surface area contributed by atoms with Crippen LogP contribution in [0, 0.1) is 57.8 Å². The van der Waals surface area contributed by atoms with Gasteiger partial charge in [-0.25, -0.2) is 0 Å². The highest BCUT2D eigenvalue weighted by Crippen LogP contribution is 2.34. The second-order valence-corrected chi connectivity index (χ2v) is 12.6. The van der Waals surface area contributed by atoms with Crippen LogP contribution >= 0.6 is 0 Å². The summed E-state index contributed by atoms with van der Waals surface area (Å²) in [5.74, 6) is 2.67. The van der Waals surface area contributed by atoms with Gasteiger partial charge in [0.05, 0.1) is 0 Å². The van der Waals surface area contributed by atoms with Crippen molar-refractivity contribution >= 4 is 0 Å². The first-order valence-electron chi connectivity index (χ1n) is 16.9. The summed E-state index contributed by atoms with van der Waals surface area (Å²) in [5, 5.41) is 0. The molecule has 0 spiro atoms. The molecular formula is C38H76. The molecule has 0 N–H and O–H groups in total. The van der Waals surface area contributed by atoms with Gasteiger partial charge in [-0.15, -0.1) is 0 Å². The van der Waals surface area contributed by atoms with Gasteiger partial charge in [-0.1, -0.05) is 134 Å². The quantitative estimate of drug-likeness (QED) is 0.211. The van der Waals surface area contributed by atoms with Crippen LogP contribution in [0.25, 0.3) is 0 Å². The fraction of sp³-hybridized carbons (Fsp3) is 0.842. The maximum atomic E-state index is 2.50. The van der Waals surface area contributed by atoms with E-state index in [0.717, 1.165) is 17.8 Å². The molecule has 0 heteroatoms. The molecule has 0 aliphatic carbocycles. The van der Waals surface area contributed by atoms with Gasteiger partial charge in [0.2, 0.25) is 0 Å². The van der Waals surface area contributed by atoms with E-state index in [-0.39, 0.29) is 0 Å². The van der Waals surface area contributed by atoms with Gasteiger partial charge in [0.25, 0.3) is 0 Å². The van der Waals surface area contributed by atoms with Crippen molar-refractivity contribution in [2.45, 2.75) is 188 Å². The Hall–Kier alpha value is -0.780. The topological polar surface area (TPSA) is 0 Å². The Morgan fingerprint density at radius 2 is 0.816 bits per heavy atom. The van der Waals surface area contributed by atoms with Crippen molar-refractivity contribution in [2.24, 2.45) is 23.2 Å². The van der Waals surface area contributed by atoms with Crippen molar-refractivity contribution in [3.63, 3.8) is 0 Å². The molecule has 0 saturated heterocycles. The van der Waals surface area contributed by atoms with E-state index in [4.69, 9.17) is 0 Å². The Balaban J connectivity index is -0.00000190. The van der Waals surface area contributed by atoms with Gasteiger partial charge in [0, 0.05) is 0 Å². The predicted octanol–water partition coefficient (Wildman–Crippen LogP) is 13.7. The summed E-state index contributed by atoms with van der Waals surface area (Å²) in [6, 6.07) is 0. The fourth-order valence-electron chi connectivity index (χ4n) is 5.45. The van der Waals surface area contributed by atoms with Crippen LogP contribution in [-0.2, 0) is 6.42 Å². The summed E-state index contributed by atoms with van der Waals surface area (Å²) in [6.45, 7) is 38.2. The summed E-state index contributed by atoms with van der Waals surface area (Å²) < 4.78 is 0. The molecule has 2 atom stereocenters. The molecule has 0 aliphatic heterocycles. The normalized spacial score (nSPS) is 12.5. The average Bonchev–Trinajstić information content (AvgIpc) is 2.89. The Morgan fingerprint density at radius 1 is 0.474 bits per heavy atom. The van der Waals surface area contributed by atoms with Gasteiger partial charge in [0.1, 0.15) is 0 Å². The summed E-state index contributed by atoms with van der Waals surface area (Å²) in [4.78, 5) is 0. The first-order valence-corrected chi connectivity index (χ1v) is 16.9. The Labute approximate surface area is 244 Å². The lowest BCUT2D eigenvalue weighted by atomic mass is 9.78. The minimum atomic E-state index is 0.441. The van der Waals surface area contributed by atoms with Crippen LogP contribution < -0.4 is 0 Å². The molecule has 0 bridgehead atoms. The molecular weight excluding hydrogens is 456 g/mol. The van der Waals surface area contributed by atoms with E-state index >= 15 is 0 Å². The van der Waals surface area contributed by atoms with Crippen LogP contribution in [0.3, 0.4) is 0 Å². The minimum Gasteiger partial charge on any atom is -0.0683 e. The molecule has 0 aromatic heterocycles. The van der Waals surface area contributed by atoms with Crippen LogP contribution in [0.15, 0.2) is 0 Å². The van der Waals surface area contributed by atoms with Crippen LogP contribution in [0.5, 0.6) is 0 Å². The molecule has 0 heterocycles. The highest BCUT2D eigenvalue weighted by molar-refractivity contribution is 5.49. The second-order valence-electron chi connectivity index (χ2n) is 12.6. The third-order valence-electron chi connectivity index (χ3n) is 8.63. The molecule has 0 amide bonds. The lowest BCUT2D eigenvalue weighted by Gasteiger charge is -2.27. The molecule has 1 rings (SSSR count). The van der Waals surface area contributed by atoms with Crippen molar-refractivity contribution in [3.05, 3.63) is 33.4 Å². The zero-order valence-electron chi connectivity index (χ0n) is 30.0. The predicted molar refractivity (Wildman–Crippen MR) is 181 cm³/mol. The number of benzene rings is 1. The Morgan fingerprint density at radius 3 is 1.21 bits per heavy atom. The van der Waals surface area contributed by atoms with Gasteiger partial charge in [-0.05, 0) is 110 Å². The van der Waals surface area contributed by atoms with E-state index < -0.39 is 0 Å². The Bertz CT molecular complexity index is 647. The fourth-order valence-corrected chi connectivity index (χ4v) is 5.45. The van der Waals surface area contributed by atoms with E-state index in [1.54, 1.807) is 5.56 Å². The largest absolute Gasteiger partial charge is 0.0683 e. The second kappa shape index (κ2) is 24.1. The van der Waals surface area contributed by atoms with E-state index in [1.165, 1.54) is 98.4 Å². The van der Waals surface area contributed by atoms with Crippen molar-refractivity contribution in [3.8, 4) is 0 Å². The number of hydrogen-bond acceptors (Lipinski definition) is 0. The maximum absolute atomic E-state index is 2.50. The number of hydrogen-bond donors (Lipinski definition) is 0. The van der Waals surface area contributed by atoms with Gasteiger partial charge in [-0.3, -0.25) is 0 Å². The van der Waals surface area contributed by atoms with E-state index in [2.05, 4.69) is 76.2 Å². The minimum absolute atomic E-state index is 0.441. The van der Waals surface area contributed by atoms with Crippen LogP contribution in [0.4, 0.5) is 0 Å². The monoisotopic (exact) mass is 533 g/mol. The first kappa shape index (κ1) is 41.7. The zero-order chi connectivity index (χ0) is 30.5. The highest BCUT2D eigenvalue weighted by atomic mass is 14.3. The first-order chi connectivity index (χ1) is 17.9. The van der Waals surface area contributed by atoms with Crippen molar-refractivity contribution in [1.29, 1.82) is 0 Å². The van der Waals surface area contributed by atoms with Gasteiger partial charge in [-0.2, -0.15) is 0 Å². The number of rotatable bonds is 15. The van der Waals surface area contributed by atoms with Gasteiger partial charge < -0.3 is 0 Å². The lowest BCUT2D eigenvalue weighted by molar-refractivity contribution is 0.282. The van der Waals surface area contributed by atoms with Crippen molar-refractivity contribution in [1.82, 2.24) is 0 Å². The van der Waals surface area contributed by atoms with Crippen molar-refractivity contribution in [2.75, 3.05) is 0 Å². The van der Waals surface area contributed by atoms with Crippen LogP contribution in [-0.4, -0.2) is 0 Å². The molecule has 1 aromatic rings. The summed E-state index contributed by atoms with van der Waals surface area (Å²) in [7, 11) is 0. The van der Waals surface area contributed by atoms with Gasteiger partial charge in [0.15, 0.2) is 0 Å². The smallest absolute Gasteiger partial charge is 0.0268 e. The highest BCUT2D eigenvalue weighted by Gasteiger charge is 2.20. The SMILES string of the molecule is CC.CC.CC.Cc1c(C)c(C)c(CCC(C)(C)CCCC(C)CCCC(C)CCCC(C)C)c(C)c1C. The summed E-state index contributed by atoms with van der Waals surface area (Å²) in [5.41, 5.74) is 9.63. The molecule has 228 valence electrons. The summed E-state index contributed by atoms with van der Waals surface area (Å²) in [6.07, 6.45) is 15.2. The standard InChI is InChI=1S/C32H58.3C2H6/c1-23(2)15-12-16-24(3)17-13-18-25(4)19-14-21-32(10,11)22-20-31-29(8)27(6)26(5)28(7)30(31)9;3*1-2/h23-25H,12-22H2,1-11H3;3*1-2H3. The zero-order valence-corrected chi connectivity index (χ0v) is 30.0. The maximum Gasteiger partial charge on any atom is -0.0268 e. The van der Waals surface area contributed by atoms with Gasteiger partial charge >= 0.3 is 0 Å². The summed E-state index contributed by atoms with van der Waals surface area (Å²) >= 11 is 0. The van der Waals surface area contributed by atoms with Crippen LogP contribution in [0.2, 0.25) is 0 Å². The van der Waals surface area contributed by atoms with E-state index in [1.807, 2.05) is 41.5 Å². The van der Waals surface area contributed by atoms with E-state index in [9.17, 15) is 0 Å². The average molecular weight is 533 g/mol. The molecule has 0 radical (unpaired) electrons. The molecule has 0 nitrogen and oxygen atoms in total. The molecule has 0 aliphatic rings. The molecule has 38 heavy (non-hydrogen) atoms. The third kappa shape index (κ3) is 17.7. The van der Waals surface area contributed by atoms with Crippen molar-refractivity contribution < 1.29 is 0 Å². The Kier molecular flexibility index (Phi) is 26.4. The van der Waals surface area contributed by atoms with E-state index in [0.29, 0.717) is 5.41 Å².